The maximum absolute atomic E-state index is 12.3. The molecule has 110 valence electrons. The second kappa shape index (κ2) is 6.93. The van der Waals surface area contributed by atoms with Gasteiger partial charge in [-0.3, -0.25) is 4.79 Å². The van der Waals surface area contributed by atoms with Crippen molar-refractivity contribution in [2.24, 2.45) is 5.92 Å². The molecule has 5 heteroatoms. The van der Waals surface area contributed by atoms with Crippen molar-refractivity contribution in [3.63, 3.8) is 0 Å². The van der Waals surface area contributed by atoms with E-state index in [-0.39, 0.29) is 11.9 Å². The Hall–Kier alpha value is -1.29. The number of anilines is 1. The lowest BCUT2D eigenvalue weighted by atomic mass is 10.1. The third-order valence-electron chi connectivity index (χ3n) is 3.56. The van der Waals surface area contributed by atoms with Crippen molar-refractivity contribution in [2.45, 2.75) is 45.6 Å². The van der Waals surface area contributed by atoms with Crippen LogP contribution in [0.1, 0.15) is 49.9 Å². The van der Waals surface area contributed by atoms with Crippen LogP contribution in [0.25, 0.3) is 0 Å². The van der Waals surface area contributed by atoms with Crippen molar-refractivity contribution >= 4 is 23.3 Å². The standard InChI is InChI=1S/C15H22ClN3O/c1-3-12(7-10-5-6-10)18-15(20)11-8-13(16)19-14(9-11)17-4-2/h8-10,12H,3-7H2,1-2H3,(H,17,19)(H,18,20). The number of pyridine rings is 1. The fourth-order valence-electron chi connectivity index (χ4n) is 2.25. The number of nitrogens with one attached hydrogen (secondary N) is 2. The van der Waals surface area contributed by atoms with Gasteiger partial charge in [0.25, 0.3) is 5.91 Å². The van der Waals surface area contributed by atoms with Crippen LogP contribution in [0.5, 0.6) is 0 Å². The average molecular weight is 296 g/mol. The topological polar surface area (TPSA) is 54.0 Å². The molecule has 1 amide bonds. The molecule has 2 rings (SSSR count). The lowest BCUT2D eigenvalue weighted by molar-refractivity contribution is 0.0932. The molecule has 1 aliphatic carbocycles. The number of nitrogens with zero attached hydrogens (tertiary/aromatic N) is 1. The molecule has 20 heavy (non-hydrogen) atoms. The summed E-state index contributed by atoms with van der Waals surface area (Å²) in [5.74, 6) is 1.37. The third kappa shape index (κ3) is 4.37. The van der Waals surface area contributed by atoms with Crippen LogP contribution in [-0.2, 0) is 0 Å². The van der Waals surface area contributed by atoms with Crippen molar-refractivity contribution < 1.29 is 4.79 Å². The second-order valence-corrected chi connectivity index (χ2v) is 5.74. The van der Waals surface area contributed by atoms with Crippen LogP contribution in [0.2, 0.25) is 5.15 Å². The second-order valence-electron chi connectivity index (χ2n) is 5.35. The van der Waals surface area contributed by atoms with Gasteiger partial charge in [0, 0.05) is 18.2 Å². The van der Waals surface area contributed by atoms with E-state index in [1.165, 1.54) is 12.8 Å². The molecule has 0 aromatic carbocycles. The molecule has 2 N–H and O–H groups in total. The van der Waals surface area contributed by atoms with Crippen LogP contribution in [0.4, 0.5) is 5.82 Å². The minimum atomic E-state index is -0.0686. The van der Waals surface area contributed by atoms with Gasteiger partial charge in [-0.25, -0.2) is 4.98 Å². The molecule has 1 heterocycles. The van der Waals surface area contributed by atoms with E-state index in [0.29, 0.717) is 16.5 Å². The van der Waals surface area contributed by atoms with E-state index in [1.54, 1.807) is 12.1 Å². The molecule has 1 aromatic heterocycles. The van der Waals surface area contributed by atoms with Gasteiger partial charge in [-0.05, 0) is 37.8 Å². The molecule has 1 atom stereocenters. The molecule has 4 nitrogen and oxygen atoms in total. The highest BCUT2D eigenvalue weighted by molar-refractivity contribution is 6.29. The van der Waals surface area contributed by atoms with Crippen molar-refractivity contribution in [3.8, 4) is 0 Å². The minimum Gasteiger partial charge on any atom is -0.370 e. The van der Waals surface area contributed by atoms with Gasteiger partial charge in [-0.15, -0.1) is 0 Å². The van der Waals surface area contributed by atoms with Gasteiger partial charge >= 0.3 is 0 Å². The summed E-state index contributed by atoms with van der Waals surface area (Å²) < 4.78 is 0. The minimum absolute atomic E-state index is 0.0686. The Morgan fingerprint density at radius 1 is 1.45 bits per heavy atom. The molecule has 1 aromatic rings. The summed E-state index contributed by atoms with van der Waals surface area (Å²) >= 11 is 5.96. The number of carbonyl (C=O) groups excluding carboxylic acids is 1. The normalized spacial score (nSPS) is 15.8. The smallest absolute Gasteiger partial charge is 0.251 e. The molecule has 0 spiro atoms. The highest BCUT2D eigenvalue weighted by Gasteiger charge is 2.25. The summed E-state index contributed by atoms with van der Waals surface area (Å²) in [6, 6.07) is 3.61. The molecular weight excluding hydrogens is 274 g/mol. The highest BCUT2D eigenvalue weighted by Crippen LogP contribution is 2.34. The SMILES string of the molecule is CCNc1cc(C(=O)NC(CC)CC2CC2)cc(Cl)n1. The average Bonchev–Trinajstić information content (AvgIpc) is 3.21. The van der Waals surface area contributed by atoms with Crippen LogP contribution in [0.15, 0.2) is 12.1 Å². The molecule has 0 radical (unpaired) electrons. The first-order chi connectivity index (χ1) is 9.62. The zero-order valence-electron chi connectivity index (χ0n) is 12.1. The van der Waals surface area contributed by atoms with Gasteiger partial charge in [-0.1, -0.05) is 31.4 Å². The zero-order chi connectivity index (χ0) is 14.5. The largest absolute Gasteiger partial charge is 0.370 e. The van der Waals surface area contributed by atoms with Gasteiger partial charge < -0.3 is 10.6 Å². The van der Waals surface area contributed by atoms with Crippen LogP contribution >= 0.6 is 11.6 Å². The lowest BCUT2D eigenvalue weighted by Crippen LogP contribution is -2.34. The number of amides is 1. The molecule has 1 aliphatic rings. The van der Waals surface area contributed by atoms with Crippen molar-refractivity contribution in [1.29, 1.82) is 0 Å². The van der Waals surface area contributed by atoms with E-state index in [1.807, 2.05) is 6.92 Å². The van der Waals surface area contributed by atoms with Crippen molar-refractivity contribution in [1.82, 2.24) is 10.3 Å². The van der Waals surface area contributed by atoms with Gasteiger partial charge in [0.1, 0.15) is 11.0 Å². The third-order valence-corrected chi connectivity index (χ3v) is 3.75. The molecule has 1 saturated carbocycles. The first-order valence-electron chi connectivity index (χ1n) is 7.34. The number of halogens is 1. The first-order valence-corrected chi connectivity index (χ1v) is 7.72. The zero-order valence-corrected chi connectivity index (χ0v) is 12.8. The maximum atomic E-state index is 12.3. The van der Waals surface area contributed by atoms with Crippen LogP contribution < -0.4 is 10.6 Å². The van der Waals surface area contributed by atoms with Gasteiger partial charge in [0.15, 0.2) is 0 Å². The lowest BCUT2D eigenvalue weighted by Gasteiger charge is -2.17. The fraction of sp³-hybridized carbons (Fsp3) is 0.600. The van der Waals surface area contributed by atoms with Crippen LogP contribution in [0, 0.1) is 5.92 Å². The van der Waals surface area contributed by atoms with Gasteiger partial charge in [0.05, 0.1) is 0 Å². The van der Waals surface area contributed by atoms with E-state index in [4.69, 9.17) is 11.6 Å². The summed E-state index contributed by atoms with van der Waals surface area (Å²) in [6.07, 6.45) is 4.65. The fourth-order valence-corrected chi connectivity index (χ4v) is 2.46. The summed E-state index contributed by atoms with van der Waals surface area (Å²) in [5, 5.41) is 6.51. The highest BCUT2D eigenvalue weighted by atomic mass is 35.5. The molecule has 1 unspecified atom stereocenters. The monoisotopic (exact) mass is 295 g/mol. The van der Waals surface area contributed by atoms with E-state index in [9.17, 15) is 4.79 Å². The van der Waals surface area contributed by atoms with Crippen LogP contribution in [0.3, 0.4) is 0 Å². The first kappa shape index (κ1) is 15.1. The summed E-state index contributed by atoms with van der Waals surface area (Å²) in [6.45, 7) is 4.83. The molecule has 1 fully saturated rings. The quantitative estimate of drug-likeness (QED) is 0.757. The van der Waals surface area contributed by atoms with E-state index >= 15 is 0 Å². The summed E-state index contributed by atoms with van der Waals surface area (Å²) in [5.41, 5.74) is 0.565. The Kier molecular flexibility index (Phi) is 5.24. The number of aromatic nitrogens is 1. The van der Waals surface area contributed by atoms with E-state index < -0.39 is 0 Å². The van der Waals surface area contributed by atoms with E-state index in [2.05, 4.69) is 22.5 Å². The number of rotatable bonds is 7. The Labute approximate surface area is 125 Å². The molecule has 0 bridgehead atoms. The Morgan fingerprint density at radius 2 is 2.20 bits per heavy atom. The summed E-state index contributed by atoms with van der Waals surface area (Å²) in [4.78, 5) is 16.4. The Balaban J connectivity index is 2.02. The molecule has 0 saturated heterocycles. The van der Waals surface area contributed by atoms with Crippen molar-refractivity contribution in [2.75, 3.05) is 11.9 Å². The Morgan fingerprint density at radius 3 is 2.80 bits per heavy atom. The molecular formula is C15H22ClN3O. The number of hydrogen-bond donors (Lipinski definition) is 2. The van der Waals surface area contributed by atoms with Gasteiger partial charge in [0.2, 0.25) is 0 Å². The Bertz CT molecular complexity index is 474. The molecule has 0 aliphatic heterocycles. The van der Waals surface area contributed by atoms with Crippen LogP contribution in [-0.4, -0.2) is 23.5 Å². The summed E-state index contributed by atoms with van der Waals surface area (Å²) in [7, 11) is 0. The number of hydrogen-bond acceptors (Lipinski definition) is 3. The van der Waals surface area contributed by atoms with E-state index in [0.717, 1.165) is 25.3 Å². The predicted octanol–water partition coefficient (Wildman–Crippen LogP) is 3.48. The predicted molar refractivity (Wildman–Crippen MR) is 82.3 cm³/mol. The van der Waals surface area contributed by atoms with Crippen molar-refractivity contribution in [3.05, 3.63) is 22.8 Å². The number of carbonyl (C=O) groups is 1. The maximum Gasteiger partial charge on any atom is 0.251 e. The van der Waals surface area contributed by atoms with Gasteiger partial charge in [-0.2, -0.15) is 0 Å².